The van der Waals surface area contributed by atoms with Gasteiger partial charge in [-0.2, -0.15) is 0 Å². The third kappa shape index (κ3) is 2.04. The summed E-state index contributed by atoms with van der Waals surface area (Å²) < 4.78 is 24.9. The first-order valence-corrected chi connectivity index (χ1v) is 5.09. The van der Waals surface area contributed by atoms with Crippen molar-refractivity contribution in [3.63, 3.8) is 0 Å². The lowest BCUT2D eigenvalue weighted by molar-refractivity contribution is 0.142. The fourth-order valence-electron chi connectivity index (χ4n) is 1.69. The molecular weight excluding hydrogens is 214 g/mol. The molecule has 0 unspecified atom stereocenters. The fraction of sp³-hybridized carbons (Fsp3) is 0.364. The Balaban J connectivity index is 2.41. The molecule has 0 atom stereocenters. The van der Waals surface area contributed by atoms with E-state index in [1.165, 1.54) is 0 Å². The number of H-pyrrole nitrogens is 1. The molecule has 2 rings (SSSR count). The Bertz CT molecular complexity index is 482. The van der Waals surface area contributed by atoms with Gasteiger partial charge in [-0.25, -0.2) is 13.8 Å². The number of nitrogens with zero attached hydrogens (tertiary/aromatic N) is 1. The third-order valence-corrected chi connectivity index (χ3v) is 2.43. The van der Waals surface area contributed by atoms with Crippen molar-refractivity contribution in [3.05, 3.63) is 29.6 Å². The lowest BCUT2D eigenvalue weighted by atomic mass is 10.1. The molecule has 2 N–H and O–H groups in total. The van der Waals surface area contributed by atoms with Gasteiger partial charge in [0.15, 0.2) is 5.82 Å². The molecule has 0 fully saturated rings. The summed E-state index contributed by atoms with van der Waals surface area (Å²) in [6, 6.07) is 5.35. The Labute approximate surface area is 91.1 Å². The number of hydrogen-bond acceptors (Lipinski definition) is 2. The van der Waals surface area contributed by atoms with E-state index >= 15 is 0 Å². The van der Waals surface area contributed by atoms with Crippen LogP contribution in [-0.2, 0) is 6.42 Å². The highest BCUT2D eigenvalue weighted by atomic mass is 19.3. The molecule has 2 aromatic rings. The molecule has 1 aromatic carbocycles. The maximum absolute atomic E-state index is 12.5. The van der Waals surface area contributed by atoms with Crippen LogP contribution in [0.1, 0.15) is 24.2 Å². The highest BCUT2D eigenvalue weighted by molar-refractivity contribution is 5.78. The van der Waals surface area contributed by atoms with Crippen LogP contribution in [0.4, 0.5) is 8.78 Å². The Kier molecular flexibility index (Phi) is 3.14. The van der Waals surface area contributed by atoms with Gasteiger partial charge < -0.3 is 10.1 Å². The predicted octanol–water partition coefficient (Wildman–Crippen LogP) is 2.43. The molecule has 16 heavy (non-hydrogen) atoms. The number of aliphatic hydroxyl groups is 1. The molecule has 0 saturated carbocycles. The number of rotatable bonds is 4. The molecule has 0 aliphatic carbocycles. The van der Waals surface area contributed by atoms with E-state index in [-0.39, 0.29) is 12.4 Å². The Hall–Kier alpha value is -1.49. The summed E-state index contributed by atoms with van der Waals surface area (Å²) in [7, 11) is 0. The highest BCUT2D eigenvalue weighted by Crippen LogP contribution is 2.22. The average Bonchev–Trinajstić information content (AvgIpc) is 2.70. The van der Waals surface area contributed by atoms with Gasteiger partial charge in [0.25, 0.3) is 6.43 Å². The van der Waals surface area contributed by atoms with Gasteiger partial charge in [0.05, 0.1) is 11.0 Å². The van der Waals surface area contributed by atoms with E-state index in [0.717, 1.165) is 5.56 Å². The number of para-hydroxylation sites is 1. The normalized spacial score (nSPS) is 11.5. The van der Waals surface area contributed by atoms with E-state index in [0.29, 0.717) is 23.9 Å². The summed E-state index contributed by atoms with van der Waals surface area (Å²) in [6.07, 6.45) is -1.34. The quantitative estimate of drug-likeness (QED) is 0.841. The Morgan fingerprint density at radius 1 is 1.38 bits per heavy atom. The van der Waals surface area contributed by atoms with Gasteiger partial charge in [0.1, 0.15) is 0 Å². The van der Waals surface area contributed by atoms with Crippen molar-refractivity contribution in [1.82, 2.24) is 9.97 Å². The van der Waals surface area contributed by atoms with Crippen LogP contribution in [-0.4, -0.2) is 21.7 Å². The minimum Gasteiger partial charge on any atom is -0.396 e. The van der Waals surface area contributed by atoms with E-state index in [2.05, 4.69) is 9.97 Å². The van der Waals surface area contributed by atoms with E-state index in [9.17, 15) is 8.78 Å². The number of fused-ring (bicyclic) bond motifs is 1. The smallest absolute Gasteiger partial charge is 0.295 e. The zero-order valence-electron chi connectivity index (χ0n) is 8.58. The number of nitrogens with one attached hydrogen (secondary N) is 1. The van der Waals surface area contributed by atoms with Gasteiger partial charge in [-0.1, -0.05) is 12.1 Å². The number of imidazole rings is 1. The molecule has 0 spiro atoms. The number of benzene rings is 1. The summed E-state index contributed by atoms with van der Waals surface area (Å²) >= 11 is 0. The number of aromatic nitrogens is 2. The molecule has 0 amide bonds. The minimum absolute atomic E-state index is 0.0858. The maximum atomic E-state index is 12.5. The molecule has 5 heteroatoms. The van der Waals surface area contributed by atoms with E-state index in [1.807, 2.05) is 6.07 Å². The SMILES string of the molecule is OCCCc1cccc2[nH]c(C(F)F)nc12. The predicted molar refractivity (Wildman–Crippen MR) is 56.5 cm³/mol. The van der Waals surface area contributed by atoms with Crippen molar-refractivity contribution in [2.45, 2.75) is 19.3 Å². The Morgan fingerprint density at radius 3 is 2.88 bits per heavy atom. The highest BCUT2D eigenvalue weighted by Gasteiger charge is 2.13. The summed E-state index contributed by atoms with van der Waals surface area (Å²) in [5.41, 5.74) is 2.08. The molecule has 0 radical (unpaired) electrons. The molecule has 3 nitrogen and oxygen atoms in total. The van der Waals surface area contributed by atoms with E-state index in [4.69, 9.17) is 5.11 Å². The zero-order valence-corrected chi connectivity index (χ0v) is 8.58. The van der Waals surface area contributed by atoms with Crippen LogP contribution in [0.15, 0.2) is 18.2 Å². The van der Waals surface area contributed by atoms with Crippen LogP contribution in [0.2, 0.25) is 0 Å². The Morgan fingerprint density at radius 2 is 2.19 bits per heavy atom. The van der Waals surface area contributed by atoms with Crippen molar-refractivity contribution >= 4 is 11.0 Å². The van der Waals surface area contributed by atoms with Crippen molar-refractivity contribution in [1.29, 1.82) is 0 Å². The second kappa shape index (κ2) is 4.57. The summed E-state index contributed by atoms with van der Waals surface area (Å²) in [4.78, 5) is 6.47. The van der Waals surface area contributed by atoms with Crippen LogP contribution < -0.4 is 0 Å². The standard InChI is InChI=1S/C11H12F2N2O/c12-10(13)11-14-8-5-1-3-7(4-2-6-16)9(8)15-11/h1,3,5,10,16H,2,4,6H2,(H,14,15). The second-order valence-electron chi connectivity index (χ2n) is 3.56. The van der Waals surface area contributed by atoms with Crippen LogP contribution in [0, 0.1) is 0 Å². The number of hydrogen-bond donors (Lipinski definition) is 2. The topological polar surface area (TPSA) is 48.9 Å². The van der Waals surface area contributed by atoms with Crippen LogP contribution in [0.25, 0.3) is 11.0 Å². The second-order valence-corrected chi connectivity index (χ2v) is 3.56. The molecule has 1 aromatic heterocycles. The number of aliphatic hydroxyl groups excluding tert-OH is 1. The van der Waals surface area contributed by atoms with Crippen molar-refractivity contribution in [3.8, 4) is 0 Å². The maximum Gasteiger partial charge on any atom is 0.295 e. The molecular formula is C11H12F2N2O. The summed E-state index contributed by atoms with van der Waals surface area (Å²) in [5.74, 6) is -0.300. The van der Waals surface area contributed by atoms with Gasteiger partial charge >= 0.3 is 0 Å². The number of aromatic amines is 1. The minimum atomic E-state index is -2.59. The van der Waals surface area contributed by atoms with E-state index in [1.54, 1.807) is 12.1 Å². The summed E-state index contributed by atoms with van der Waals surface area (Å²) in [6.45, 7) is 0.0858. The summed E-state index contributed by atoms with van der Waals surface area (Å²) in [5, 5.41) is 8.74. The first-order chi connectivity index (χ1) is 7.72. The number of halogens is 2. The molecule has 0 aliphatic rings. The van der Waals surface area contributed by atoms with Crippen molar-refractivity contribution < 1.29 is 13.9 Å². The monoisotopic (exact) mass is 226 g/mol. The number of alkyl halides is 2. The molecule has 86 valence electrons. The van der Waals surface area contributed by atoms with Gasteiger partial charge in [-0.3, -0.25) is 0 Å². The van der Waals surface area contributed by atoms with Crippen molar-refractivity contribution in [2.75, 3.05) is 6.61 Å². The largest absolute Gasteiger partial charge is 0.396 e. The molecule has 0 saturated heterocycles. The molecule has 1 heterocycles. The van der Waals surface area contributed by atoms with Crippen LogP contribution in [0.5, 0.6) is 0 Å². The average molecular weight is 226 g/mol. The van der Waals surface area contributed by atoms with Gasteiger partial charge in [0, 0.05) is 6.61 Å². The first kappa shape index (κ1) is 11.0. The third-order valence-electron chi connectivity index (χ3n) is 2.43. The van der Waals surface area contributed by atoms with E-state index < -0.39 is 6.43 Å². The number of aryl methyl sites for hydroxylation is 1. The van der Waals surface area contributed by atoms with Gasteiger partial charge in [-0.05, 0) is 24.5 Å². The first-order valence-electron chi connectivity index (χ1n) is 5.09. The van der Waals surface area contributed by atoms with Crippen LogP contribution in [0.3, 0.4) is 0 Å². The fourth-order valence-corrected chi connectivity index (χ4v) is 1.69. The van der Waals surface area contributed by atoms with Gasteiger partial charge in [-0.15, -0.1) is 0 Å². The van der Waals surface area contributed by atoms with Gasteiger partial charge in [0.2, 0.25) is 0 Å². The molecule has 0 aliphatic heterocycles. The van der Waals surface area contributed by atoms with Crippen LogP contribution >= 0.6 is 0 Å². The van der Waals surface area contributed by atoms with Crippen molar-refractivity contribution in [2.24, 2.45) is 0 Å². The zero-order chi connectivity index (χ0) is 11.5. The lowest BCUT2D eigenvalue weighted by Crippen LogP contribution is -1.91. The molecule has 0 bridgehead atoms. The lowest BCUT2D eigenvalue weighted by Gasteiger charge is -1.99.